The second-order valence-electron chi connectivity index (χ2n) is 4.39. The Morgan fingerprint density at radius 1 is 1.33 bits per heavy atom. The Morgan fingerprint density at radius 2 is 2.10 bits per heavy atom. The first kappa shape index (κ1) is 15.4. The van der Waals surface area contributed by atoms with Gasteiger partial charge in [-0.15, -0.1) is 0 Å². The summed E-state index contributed by atoms with van der Waals surface area (Å²) in [7, 11) is 0. The van der Waals surface area contributed by atoms with Crippen LogP contribution in [0.5, 0.6) is 0 Å². The Hall–Kier alpha value is -1.96. The number of hydrazone groups is 1. The normalized spacial score (nSPS) is 10.6. The van der Waals surface area contributed by atoms with E-state index in [4.69, 9.17) is 0 Å². The molecule has 0 radical (unpaired) electrons. The number of carbonyl (C=O) groups excluding carboxylic acids is 1. The molecule has 0 aliphatic heterocycles. The molecule has 0 fully saturated rings. The fraction of sp³-hybridized carbons (Fsp3) is 0.133. The average Bonchev–Trinajstić information content (AvgIpc) is 2.49. The molecule has 0 saturated carbocycles. The van der Waals surface area contributed by atoms with E-state index in [2.05, 4.69) is 43.4 Å². The molecule has 0 unspecified atom stereocenters. The molecular weight excluding hydrogens is 379 g/mol. The first-order valence-corrected chi connectivity index (χ1v) is 7.45. The minimum atomic E-state index is -0.198. The number of halogens is 1. The predicted molar refractivity (Wildman–Crippen MR) is 92.4 cm³/mol. The van der Waals surface area contributed by atoms with Crippen LogP contribution in [-0.2, 0) is 4.79 Å². The van der Waals surface area contributed by atoms with Crippen LogP contribution >= 0.6 is 22.6 Å². The molecule has 1 aromatic carbocycles. The quantitative estimate of drug-likeness (QED) is 0.466. The van der Waals surface area contributed by atoms with Gasteiger partial charge >= 0.3 is 0 Å². The molecule has 0 aliphatic carbocycles. The van der Waals surface area contributed by atoms with Crippen molar-refractivity contribution in [1.82, 2.24) is 10.4 Å². The van der Waals surface area contributed by atoms with Gasteiger partial charge in [-0.25, -0.2) is 5.43 Å². The van der Waals surface area contributed by atoms with Gasteiger partial charge in [0.2, 0.25) is 0 Å². The van der Waals surface area contributed by atoms with Crippen LogP contribution in [0.2, 0.25) is 0 Å². The molecule has 2 aromatic rings. The lowest BCUT2D eigenvalue weighted by Gasteiger charge is -2.07. The van der Waals surface area contributed by atoms with E-state index in [0.717, 1.165) is 11.3 Å². The van der Waals surface area contributed by atoms with Crippen LogP contribution in [0.25, 0.3) is 0 Å². The maximum Gasteiger partial charge on any atom is 0.259 e. The van der Waals surface area contributed by atoms with Crippen LogP contribution in [0.1, 0.15) is 11.1 Å². The van der Waals surface area contributed by atoms with E-state index >= 15 is 0 Å². The fourth-order valence-corrected chi connectivity index (χ4v) is 1.94. The van der Waals surface area contributed by atoms with Gasteiger partial charge in [0, 0.05) is 21.7 Å². The third-order valence-electron chi connectivity index (χ3n) is 2.72. The van der Waals surface area contributed by atoms with Crippen LogP contribution in [-0.4, -0.2) is 23.7 Å². The molecule has 1 amide bonds. The number of benzene rings is 1. The van der Waals surface area contributed by atoms with E-state index < -0.39 is 0 Å². The number of aromatic nitrogens is 1. The van der Waals surface area contributed by atoms with Crippen molar-refractivity contribution in [1.29, 1.82) is 0 Å². The van der Waals surface area contributed by atoms with Crippen molar-refractivity contribution < 1.29 is 4.79 Å². The Morgan fingerprint density at radius 3 is 2.81 bits per heavy atom. The lowest BCUT2D eigenvalue weighted by atomic mass is 10.2. The molecule has 5 nitrogen and oxygen atoms in total. The van der Waals surface area contributed by atoms with Crippen molar-refractivity contribution in [3.63, 3.8) is 0 Å². The highest BCUT2D eigenvalue weighted by Gasteiger charge is 2.01. The van der Waals surface area contributed by atoms with Crippen molar-refractivity contribution in [2.24, 2.45) is 5.10 Å². The molecule has 0 aliphatic rings. The van der Waals surface area contributed by atoms with Crippen molar-refractivity contribution in [3.8, 4) is 0 Å². The molecule has 2 rings (SSSR count). The maximum absolute atomic E-state index is 11.7. The summed E-state index contributed by atoms with van der Waals surface area (Å²) in [4.78, 5) is 15.6. The van der Waals surface area contributed by atoms with E-state index in [1.807, 2.05) is 37.3 Å². The van der Waals surface area contributed by atoms with Gasteiger partial charge in [-0.05, 0) is 71.0 Å². The van der Waals surface area contributed by atoms with Gasteiger partial charge in [-0.2, -0.15) is 5.10 Å². The Bertz CT molecular complexity index is 643. The molecule has 0 saturated heterocycles. The van der Waals surface area contributed by atoms with E-state index in [1.165, 1.54) is 9.13 Å². The number of hydrogen-bond donors (Lipinski definition) is 2. The summed E-state index contributed by atoms with van der Waals surface area (Å²) in [5, 5.41) is 6.95. The minimum absolute atomic E-state index is 0.174. The number of aryl methyl sites for hydroxylation is 1. The molecule has 108 valence electrons. The van der Waals surface area contributed by atoms with E-state index in [1.54, 1.807) is 18.6 Å². The molecule has 0 atom stereocenters. The van der Waals surface area contributed by atoms with Crippen LogP contribution < -0.4 is 10.7 Å². The number of rotatable bonds is 5. The van der Waals surface area contributed by atoms with Gasteiger partial charge in [0.15, 0.2) is 0 Å². The standard InChI is InChI=1S/C15H15IN4O/c1-11-8-13(2-3-14(11)16)18-10-15(21)20-19-9-12-4-6-17-7-5-12/h2-9,18H,10H2,1H3,(H,20,21)/b19-9+. The lowest BCUT2D eigenvalue weighted by molar-refractivity contribution is -0.119. The second kappa shape index (κ2) is 7.72. The summed E-state index contributed by atoms with van der Waals surface area (Å²) in [6.45, 7) is 2.21. The summed E-state index contributed by atoms with van der Waals surface area (Å²) in [6.07, 6.45) is 4.92. The van der Waals surface area contributed by atoms with Gasteiger partial charge in [-0.1, -0.05) is 0 Å². The maximum atomic E-state index is 11.7. The summed E-state index contributed by atoms with van der Waals surface area (Å²) in [5.41, 5.74) is 5.45. The summed E-state index contributed by atoms with van der Waals surface area (Å²) in [6, 6.07) is 9.58. The fourth-order valence-electron chi connectivity index (χ4n) is 1.60. The third-order valence-corrected chi connectivity index (χ3v) is 3.93. The number of nitrogens with zero attached hydrogens (tertiary/aromatic N) is 2. The molecule has 21 heavy (non-hydrogen) atoms. The number of carbonyl (C=O) groups is 1. The summed E-state index contributed by atoms with van der Waals surface area (Å²) < 4.78 is 1.20. The van der Waals surface area contributed by atoms with Crippen LogP contribution in [0.3, 0.4) is 0 Å². The summed E-state index contributed by atoms with van der Waals surface area (Å²) >= 11 is 2.28. The molecule has 0 bridgehead atoms. The topological polar surface area (TPSA) is 66.4 Å². The molecule has 1 heterocycles. The molecule has 0 spiro atoms. The number of anilines is 1. The van der Waals surface area contributed by atoms with Gasteiger partial charge < -0.3 is 5.32 Å². The van der Waals surface area contributed by atoms with Gasteiger partial charge in [0.1, 0.15) is 0 Å². The molecule has 2 N–H and O–H groups in total. The smallest absolute Gasteiger partial charge is 0.259 e. The number of nitrogens with one attached hydrogen (secondary N) is 2. The van der Waals surface area contributed by atoms with Gasteiger partial charge in [0.05, 0.1) is 12.8 Å². The van der Waals surface area contributed by atoms with Gasteiger partial charge in [-0.3, -0.25) is 9.78 Å². The Balaban J connectivity index is 1.79. The van der Waals surface area contributed by atoms with E-state index in [0.29, 0.717) is 0 Å². The highest BCUT2D eigenvalue weighted by molar-refractivity contribution is 14.1. The first-order valence-electron chi connectivity index (χ1n) is 6.37. The van der Waals surface area contributed by atoms with E-state index in [9.17, 15) is 4.79 Å². The lowest BCUT2D eigenvalue weighted by Crippen LogP contribution is -2.25. The van der Waals surface area contributed by atoms with Crippen LogP contribution in [0.15, 0.2) is 47.8 Å². The van der Waals surface area contributed by atoms with Crippen molar-refractivity contribution in [2.45, 2.75) is 6.92 Å². The van der Waals surface area contributed by atoms with Crippen molar-refractivity contribution >= 4 is 40.4 Å². The molecule has 1 aromatic heterocycles. The SMILES string of the molecule is Cc1cc(NCC(=O)N/N=C/c2ccncc2)ccc1I. The molecular formula is C15H15IN4O. The second-order valence-corrected chi connectivity index (χ2v) is 5.55. The van der Waals surface area contributed by atoms with Crippen molar-refractivity contribution in [3.05, 3.63) is 57.4 Å². The minimum Gasteiger partial charge on any atom is -0.376 e. The van der Waals surface area contributed by atoms with Crippen LogP contribution in [0.4, 0.5) is 5.69 Å². The highest BCUT2D eigenvalue weighted by Crippen LogP contribution is 2.16. The van der Waals surface area contributed by atoms with Gasteiger partial charge in [0.25, 0.3) is 5.91 Å². The zero-order valence-electron chi connectivity index (χ0n) is 11.5. The third kappa shape index (κ3) is 5.14. The summed E-state index contributed by atoms with van der Waals surface area (Å²) in [5.74, 6) is -0.198. The number of pyridine rings is 1. The monoisotopic (exact) mass is 394 g/mol. The average molecular weight is 394 g/mol. The number of amides is 1. The predicted octanol–water partition coefficient (Wildman–Crippen LogP) is 2.56. The highest BCUT2D eigenvalue weighted by atomic mass is 127. The number of hydrogen-bond acceptors (Lipinski definition) is 4. The molecule has 6 heteroatoms. The zero-order chi connectivity index (χ0) is 15.1. The Kier molecular flexibility index (Phi) is 5.68. The van der Waals surface area contributed by atoms with E-state index in [-0.39, 0.29) is 12.5 Å². The largest absolute Gasteiger partial charge is 0.376 e. The Labute approximate surface area is 137 Å². The zero-order valence-corrected chi connectivity index (χ0v) is 13.7. The van der Waals surface area contributed by atoms with Crippen LogP contribution in [0, 0.1) is 10.5 Å². The first-order chi connectivity index (χ1) is 10.1. The van der Waals surface area contributed by atoms with Crippen molar-refractivity contribution in [2.75, 3.05) is 11.9 Å².